The largest absolute Gasteiger partial charge is 0.448 e. The van der Waals surface area contributed by atoms with Gasteiger partial charge in [0.1, 0.15) is 0 Å². The van der Waals surface area contributed by atoms with E-state index in [1.54, 1.807) is 19.5 Å². The number of hydrogen-bond donors (Lipinski definition) is 2. The van der Waals surface area contributed by atoms with Crippen LogP contribution in [0.3, 0.4) is 0 Å². The van der Waals surface area contributed by atoms with E-state index >= 15 is 0 Å². The van der Waals surface area contributed by atoms with Gasteiger partial charge in [0.25, 0.3) is 17.3 Å². The summed E-state index contributed by atoms with van der Waals surface area (Å²) in [6.45, 7) is 13.0. The van der Waals surface area contributed by atoms with Gasteiger partial charge in [0.2, 0.25) is 5.95 Å². The minimum absolute atomic E-state index is 0.0741. The number of methoxy groups -OCH3 is 1. The number of hydrogen-bond acceptors (Lipinski definition) is 11. The van der Waals surface area contributed by atoms with Crippen molar-refractivity contribution in [3.63, 3.8) is 0 Å². The number of carbonyl (C=O) groups is 1. The molecule has 4 heterocycles. The van der Waals surface area contributed by atoms with E-state index in [9.17, 15) is 9.59 Å². The van der Waals surface area contributed by atoms with Crippen molar-refractivity contribution in [3.8, 4) is 22.6 Å². The van der Waals surface area contributed by atoms with Gasteiger partial charge in [-0.3, -0.25) is 9.59 Å². The Kier molecular flexibility index (Phi) is 11.3. The topological polar surface area (TPSA) is 131 Å². The van der Waals surface area contributed by atoms with Crippen molar-refractivity contribution in [1.82, 2.24) is 25.2 Å². The molecule has 0 bridgehead atoms. The van der Waals surface area contributed by atoms with Gasteiger partial charge in [0, 0.05) is 103 Å². The Balaban J connectivity index is 1.30. The Bertz CT molecular complexity index is 1770. The molecule has 1 aromatic carbocycles. The van der Waals surface area contributed by atoms with Gasteiger partial charge in [-0.15, -0.1) is 11.8 Å². The molecule has 1 saturated heterocycles. The normalized spacial score (nSPS) is 24.6. The Morgan fingerprint density at radius 1 is 1.10 bits per heavy atom. The summed E-state index contributed by atoms with van der Waals surface area (Å²) in [6, 6.07) is 4.24. The highest BCUT2D eigenvalue weighted by molar-refractivity contribution is 7.98. The average Bonchev–Trinajstić information content (AvgIpc) is 3.48. The van der Waals surface area contributed by atoms with Gasteiger partial charge in [0.05, 0.1) is 18.8 Å². The number of rotatable bonds is 11. The van der Waals surface area contributed by atoms with Crippen LogP contribution in [0.2, 0.25) is 0 Å². The molecule has 2 fully saturated rings. The minimum Gasteiger partial charge on any atom is -0.448 e. The number of carbonyl (C=O) groups excluding carboxylic acids is 1. The predicted octanol–water partition coefficient (Wildman–Crippen LogP) is 5.34. The lowest BCUT2D eigenvalue weighted by Gasteiger charge is -2.39. The zero-order valence-electron chi connectivity index (χ0n) is 31.1. The van der Waals surface area contributed by atoms with Crippen LogP contribution in [0.25, 0.3) is 11.1 Å². The number of aromatic nitrogens is 3. The number of morpholine rings is 1. The van der Waals surface area contributed by atoms with Crippen LogP contribution in [0.15, 0.2) is 34.2 Å². The van der Waals surface area contributed by atoms with Gasteiger partial charge in [-0.2, -0.15) is 0 Å². The van der Waals surface area contributed by atoms with Crippen LogP contribution < -0.4 is 25.2 Å². The lowest BCUT2D eigenvalue weighted by atomic mass is 9.81. The Hall–Kier alpha value is -3.65. The van der Waals surface area contributed by atoms with E-state index in [0.29, 0.717) is 65.4 Å². The third-order valence-corrected chi connectivity index (χ3v) is 11.4. The summed E-state index contributed by atoms with van der Waals surface area (Å²) in [4.78, 5) is 44.5. The molecular formula is C38H52N6O6S. The molecule has 276 valence electrons. The molecule has 3 unspecified atom stereocenters. The molecule has 2 aromatic heterocycles. The highest BCUT2D eigenvalue weighted by Crippen LogP contribution is 2.53. The van der Waals surface area contributed by atoms with Crippen molar-refractivity contribution in [2.24, 2.45) is 5.92 Å². The first-order valence-corrected chi connectivity index (χ1v) is 19.2. The first kappa shape index (κ1) is 37.1. The van der Waals surface area contributed by atoms with E-state index in [2.05, 4.69) is 41.0 Å². The number of ether oxygens (including phenoxy) is 4. The summed E-state index contributed by atoms with van der Waals surface area (Å²) in [5, 5.41) is 3.00. The molecular weight excluding hydrogens is 669 g/mol. The second kappa shape index (κ2) is 15.5. The zero-order chi connectivity index (χ0) is 36.4. The molecule has 51 heavy (non-hydrogen) atoms. The van der Waals surface area contributed by atoms with Crippen LogP contribution in [0.1, 0.15) is 73.6 Å². The minimum atomic E-state index is -0.906. The summed E-state index contributed by atoms with van der Waals surface area (Å²) in [6.07, 6.45) is 9.61. The fourth-order valence-corrected chi connectivity index (χ4v) is 8.43. The van der Waals surface area contributed by atoms with Gasteiger partial charge in [0.15, 0.2) is 11.5 Å². The molecule has 3 aromatic rings. The number of aryl methyl sites for hydroxylation is 1. The second-order valence-electron chi connectivity index (χ2n) is 14.4. The van der Waals surface area contributed by atoms with Crippen molar-refractivity contribution in [3.05, 3.63) is 57.3 Å². The molecule has 2 N–H and O–H groups in total. The van der Waals surface area contributed by atoms with Crippen LogP contribution in [0.4, 0.5) is 5.95 Å². The molecule has 0 spiro atoms. The number of fused-ring (bicyclic) bond motifs is 1. The molecule has 1 amide bonds. The van der Waals surface area contributed by atoms with Gasteiger partial charge in [-0.1, -0.05) is 0 Å². The summed E-state index contributed by atoms with van der Waals surface area (Å²) in [5.74, 6) is 0.714. The van der Waals surface area contributed by atoms with E-state index in [-0.39, 0.29) is 36.1 Å². The lowest BCUT2D eigenvalue weighted by Crippen LogP contribution is -2.47. The number of nitrogens with one attached hydrogen (secondary N) is 2. The fourth-order valence-electron chi connectivity index (χ4n) is 7.72. The second-order valence-corrected chi connectivity index (χ2v) is 15.2. The Morgan fingerprint density at radius 3 is 2.41 bits per heavy atom. The first-order chi connectivity index (χ1) is 24.4. The molecule has 6 rings (SSSR count). The van der Waals surface area contributed by atoms with E-state index in [0.717, 1.165) is 48.4 Å². The average molecular weight is 721 g/mol. The molecule has 3 aliphatic rings. The van der Waals surface area contributed by atoms with Gasteiger partial charge >= 0.3 is 0 Å². The summed E-state index contributed by atoms with van der Waals surface area (Å²) >= 11 is 1.48. The van der Waals surface area contributed by atoms with E-state index in [1.165, 1.54) is 11.8 Å². The highest BCUT2D eigenvalue weighted by atomic mass is 32.2. The molecule has 13 heteroatoms. The maximum absolute atomic E-state index is 14.0. The first-order valence-electron chi connectivity index (χ1n) is 17.9. The number of benzene rings is 1. The number of pyridine rings is 1. The number of amides is 1. The van der Waals surface area contributed by atoms with Crippen molar-refractivity contribution in [2.45, 2.75) is 95.8 Å². The maximum Gasteiger partial charge on any atom is 0.254 e. The maximum atomic E-state index is 14.0. The van der Waals surface area contributed by atoms with Gasteiger partial charge in [-0.25, -0.2) is 9.97 Å². The fraction of sp³-hybridized carbons (Fsp3) is 0.579. The molecule has 12 nitrogen and oxygen atoms in total. The number of nitrogens with zero attached hydrogens (tertiary/aromatic N) is 4. The number of likely N-dealkylation sites (N-methyl/N-ethyl adjacent to an activating group) is 1. The van der Waals surface area contributed by atoms with Crippen molar-refractivity contribution >= 4 is 23.6 Å². The van der Waals surface area contributed by atoms with Gasteiger partial charge < -0.3 is 39.0 Å². The lowest BCUT2D eigenvalue weighted by molar-refractivity contribution is -0.123. The van der Waals surface area contributed by atoms with Gasteiger partial charge in [-0.05, 0) is 78.8 Å². The Morgan fingerprint density at radius 2 is 1.76 bits per heavy atom. The molecule has 1 saturated carbocycles. The van der Waals surface area contributed by atoms with Crippen molar-refractivity contribution < 1.29 is 23.7 Å². The van der Waals surface area contributed by atoms with Crippen molar-refractivity contribution in [1.29, 1.82) is 0 Å². The Labute approximate surface area is 305 Å². The molecule has 0 radical (unpaired) electrons. The molecule has 2 aliphatic heterocycles. The van der Waals surface area contributed by atoms with Crippen molar-refractivity contribution in [2.75, 3.05) is 51.6 Å². The summed E-state index contributed by atoms with van der Waals surface area (Å²) in [5.41, 5.74) is 3.61. The summed E-state index contributed by atoms with van der Waals surface area (Å²) < 4.78 is 24.8. The molecule has 1 aliphatic carbocycles. The van der Waals surface area contributed by atoms with Crippen LogP contribution in [0, 0.1) is 19.8 Å². The van der Waals surface area contributed by atoms with Crippen LogP contribution in [-0.4, -0.2) is 96.5 Å². The van der Waals surface area contributed by atoms with E-state index in [4.69, 9.17) is 28.9 Å². The zero-order valence-corrected chi connectivity index (χ0v) is 31.9. The third kappa shape index (κ3) is 7.91. The number of anilines is 1. The standard InChI is InChI=1S/C38H52N6O6S/c1-22-15-32(51-8)31(36(46)42-22)19-39-35(45)29-16-30(26-17-40-37(41-18-26)44-20-23(2)48-24(3)21-44)34-33(25(29)4)49-38(5,50-34)27-9-11-28(12-10-27)43(6)13-14-47-7/h15-18,23-24,27-28H,9-14,19-21H2,1-8H3,(H,39,45)(H,42,46). The highest BCUT2D eigenvalue weighted by Gasteiger charge is 2.48. The SMILES string of the molecule is COCCN(C)C1CCC(C2(C)Oc3c(-c4cnc(N5CC(C)OC(C)C5)nc4)cc(C(=O)NCc4c(SC)cc(C)[nH]c4=O)c(C)c3O2)CC1. The van der Waals surface area contributed by atoms with Crippen LogP contribution >= 0.6 is 11.8 Å². The van der Waals surface area contributed by atoms with E-state index in [1.807, 2.05) is 39.2 Å². The van der Waals surface area contributed by atoms with Crippen LogP contribution in [0.5, 0.6) is 11.5 Å². The quantitative estimate of drug-likeness (QED) is 0.249. The monoisotopic (exact) mass is 720 g/mol. The number of thioether (sulfide) groups is 1. The molecule has 3 atom stereocenters. The smallest absolute Gasteiger partial charge is 0.254 e. The van der Waals surface area contributed by atoms with E-state index < -0.39 is 5.79 Å². The number of aromatic amines is 1. The summed E-state index contributed by atoms with van der Waals surface area (Å²) in [7, 11) is 3.90. The third-order valence-electron chi connectivity index (χ3n) is 10.6. The van der Waals surface area contributed by atoms with Crippen LogP contribution in [-0.2, 0) is 16.0 Å². The number of H-pyrrole nitrogens is 1. The predicted molar refractivity (Wildman–Crippen MR) is 199 cm³/mol.